The van der Waals surface area contributed by atoms with Crippen LogP contribution in [0.25, 0.3) is 43.6 Å². The number of rotatable bonds is 5. The molecular formula is C30H28FN9O2S. The predicted octanol–water partition coefficient (Wildman–Crippen LogP) is 6.05. The average Bonchev–Trinajstić information content (AvgIpc) is 3.63. The molecule has 218 valence electrons. The largest absolute Gasteiger partial charge is 0.357 e. The van der Waals surface area contributed by atoms with Gasteiger partial charge in [0.1, 0.15) is 17.2 Å². The molecule has 43 heavy (non-hydrogen) atoms. The molecule has 0 radical (unpaired) electrons. The van der Waals surface area contributed by atoms with Crippen LogP contribution < -0.4 is 21.5 Å². The van der Waals surface area contributed by atoms with E-state index in [1.807, 2.05) is 39.0 Å². The molecule has 0 atom stereocenters. The molecule has 0 aliphatic rings. The normalized spacial score (nSPS) is 11.7. The lowest BCUT2D eigenvalue weighted by Crippen LogP contribution is -2.22. The highest BCUT2D eigenvalue weighted by Gasteiger charge is 2.22. The van der Waals surface area contributed by atoms with Crippen molar-refractivity contribution < 1.29 is 9.18 Å². The average molecular weight is 598 g/mol. The van der Waals surface area contributed by atoms with Crippen LogP contribution >= 0.6 is 11.3 Å². The second-order valence-corrected chi connectivity index (χ2v) is 11.8. The van der Waals surface area contributed by atoms with Gasteiger partial charge in [0.25, 0.3) is 5.56 Å². The number of anilines is 3. The minimum absolute atomic E-state index is 0.0902. The van der Waals surface area contributed by atoms with Gasteiger partial charge in [0, 0.05) is 43.0 Å². The Kier molecular flexibility index (Phi) is 6.89. The fraction of sp³-hybridized carbons (Fsp3) is 0.200. The Morgan fingerprint density at radius 3 is 2.53 bits per heavy atom. The molecule has 0 saturated carbocycles. The van der Waals surface area contributed by atoms with Crippen LogP contribution in [-0.2, 0) is 12.6 Å². The van der Waals surface area contributed by atoms with Crippen LogP contribution in [0, 0.1) is 5.82 Å². The van der Waals surface area contributed by atoms with Gasteiger partial charge in [-0.2, -0.15) is 10.1 Å². The third-order valence-electron chi connectivity index (χ3n) is 6.95. The molecule has 0 unspecified atom stereocenters. The molecule has 6 rings (SSSR count). The van der Waals surface area contributed by atoms with Gasteiger partial charge >= 0.3 is 6.03 Å². The van der Waals surface area contributed by atoms with Gasteiger partial charge in [-0.15, -0.1) is 11.3 Å². The molecule has 0 aliphatic heterocycles. The van der Waals surface area contributed by atoms with E-state index in [1.54, 1.807) is 42.7 Å². The van der Waals surface area contributed by atoms with E-state index in [1.165, 1.54) is 34.1 Å². The van der Waals surface area contributed by atoms with Gasteiger partial charge in [-0.05, 0) is 56.7 Å². The first-order valence-electron chi connectivity index (χ1n) is 13.4. The Labute approximate surface area is 249 Å². The highest BCUT2D eigenvalue weighted by Crippen LogP contribution is 2.32. The van der Waals surface area contributed by atoms with Gasteiger partial charge in [-0.25, -0.2) is 19.2 Å². The van der Waals surface area contributed by atoms with Crippen molar-refractivity contribution in [2.75, 3.05) is 23.0 Å². The number of aromatic nitrogens is 6. The molecule has 11 nitrogen and oxygen atoms in total. The number of carbonyl (C=O) groups excluding carboxylic acids is 1. The molecule has 0 saturated heterocycles. The van der Waals surface area contributed by atoms with Crippen molar-refractivity contribution in [1.29, 1.82) is 0 Å². The first-order chi connectivity index (χ1) is 20.5. The summed E-state index contributed by atoms with van der Waals surface area (Å²) in [6.45, 7) is 6.00. The van der Waals surface area contributed by atoms with Crippen LogP contribution in [0.5, 0.6) is 0 Å². The van der Waals surface area contributed by atoms with Gasteiger partial charge in [0.15, 0.2) is 0 Å². The monoisotopic (exact) mass is 597 g/mol. The Morgan fingerprint density at radius 1 is 1.00 bits per heavy atom. The molecule has 6 aromatic rings. The number of nitrogens with one attached hydrogen (secondary N) is 3. The van der Waals surface area contributed by atoms with Crippen molar-refractivity contribution in [2.24, 2.45) is 7.05 Å². The van der Waals surface area contributed by atoms with Crippen molar-refractivity contribution in [1.82, 2.24) is 29.3 Å². The number of nitrogens with zero attached hydrogens (tertiary/aromatic N) is 6. The van der Waals surface area contributed by atoms with Crippen LogP contribution in [-0.4, -0.2) is 42.4 Å². The minimum Gasteiger partial charge on any atom is -0.357 e. The van der Waals surface area contributed by atoms with Crippen LogP contribution in [0.4, 0.5) is 26.5 Å². The number of thiazole rings is 1. The molecular weight excluding hydrogens is 569 g/mol. The van der Waals surface area contributed by atoms with Crippen molar-refractivity contribution in [3.8, 4) is 22.4 Å². The summed E-state index contributed by atoms with van der Waals surface area (Å²) in [6, 6.07) is 10.9. The maximum absolute atomic E-state index is 14.9. The molecule has 0 bridgehead atoms. The zero-order valence-corrected chi connectivity index (χ0v) is 24.9. The molecule has 2 amide bonds. The summed E-state index contributed by atoms with van der Waals surface area (Å²) in [7, 11) is 3.30. The van der Waals surface area contributed by atoms with E-state index in [0.717, 1.165) is 15.8 Å². The summed E-state index contributed by atoms with van der Waals surface area (Å²) in [5, 5.41) is 13.7. The number of halogens is 1. The molecule has 4 heterocycles. The smallest absolute Gasteiger partial charge is 0.323 e. The van der Waals surface area contributed by atoms with Crippen LogP contribution in [0.1, 0.15) is 20.8 Å². The number of carbonyl (C=O) groups is 1. The van der Waals surface area contributed by atoms with Crippen LogP contribution in [0.2, 0.25) is 0 Å². The molecule has 0 fully saturated rings. The van der Waals surface area contributed by atoms with E-state index < -0.39 is 11.8 Å². The fourth-order valence-electron chi connectivity index (χ4n) is 4.67. The highest BCUT2D eigenvalue weighted by molar-refractivity contribution is 7.16. The van der Waals surface area contributed by atoms with Crippen molar-refractivity contribution in [3.63, 3.8) is 0 Å². The quantitative estimate of drug-likeness (QED) is 0.221. The molecule has 0 spiro atoms. The summed E-state index contributed by atoms with van der Waals surface area (Å²) in [6.07, 6.45) is 3.35. The number of urea groups is 1. The summed E-state index contributed by atoms with van der Waals surface area (Å²) >= 11 is 1.54. The maximum atomic E-state index is 14.9. The Bertz CT molecular complexity index is 2090. The molecule has 4 aromatic heterocycles. The number of pyridine rings is 1. The molecule has 0 aliphatic carbocycles. The number of aryl methyl sites for hydroxylation is 1. The summed E-state index contributed by atoms with van der Waals surface area (Å²) in [4.78, 5) is 39.4. The highest BCUT2D eigenvalue weighted by atomic mass is 32.1. The van der Waals surface area contributed by atoms with E-state index >= 15 is 0 Å². The zero-order valence-electron chi connectivity index (χ0n) is 24.1. The van der Waals surface area contributed by atoms with E-state index in [-0.39, 0.29) is 16.8 Å². The van der Waals surface area contributed by atoms with Crippen LogP contribution in [0.15, 0.2) is 65.2 Å². The van der Waals surface area contributed by atoms with Crippen LogP contribution in [0.3, 0.4) is 0 Å². The lowest BCUT2D eigenvalue weighted by atomic mass is 10.1. The van der Waals surface area contributed by atoms with Crippen molar-refractivity contribution >= 4 is 55.9 Å². The van der Waals surface area contributed by atoms with Gasteiger partial charge in [-0.1, -0.05) is 12.1 Å². The molecule has 3 N–H and O–H groups in total. The first kappa shape index (κ1) is 28.0. The lowest BCUT2D eigenvalue weighted by molar-refractivity contribution is 0.262. The SMILES string of the molecule is CNc1ncc2cc(-c3ccc(F)c(NC(=O)Nc4cn(C(C)(C)C)nc4-c4ccc5scnc5c4)c3)c(=O)n(C)c2n1. The van der Waals surface area contributed by atoms with Crippen molar-refractivity contribution in [3.05, 3.63) is 76.5 Å². The van der Waals surface area contributed by atoms with E-state index in [2.05, 4.69) is 30.9 Å². The van der Waals surface area contributed by atoms with Gasteiger partial charge in [0.2, 0.25) is 5.95 Å². The van der Waals surface area contributed by atoms with Gasteiger partial charge in [0.05, 0.1) is 32.6 Å². The van der Waals surface area contributed by atoms with Gasteiger partial charge < -0.3 is 16.0 Å². The third kappa shape index (κ3) is 5.30. The van der Waals surface area contributed by atoms with E-state index in [0.29, 0.717) is 39.5 Å². The fourth-order valence-corrected chi connectivity index (χ4v) is 5.32. The summed E-state index contributed by atoms with van der Waals surface area (Å²) in [5.74, 6) is -0.271. The standard InChI is InChI=1S/C30H28FN9O2S/c1-30(2,3)40-14-23(25(38-40)17-7-9-24-22(12-17)34-15-43-24)36-29(42)35-21-11-16(6-8-20(21)31)19-10-18-13-33-28(32-4)37-26(18)39(5)27(19)41/h6-15H,1-5H3,(H,32,33,37)(H2,35,36,42). The summed E-state index contributed by atoms with van der Waals surface area (Å²) < 4.78 is 19.2. The minimum atomic E-state index is -0.667. The number of benzene rings is 2. The van der Waals surface area contributed by atoms with Gasteiger partial charge in [-0.3, -0.25) is 14.0 Å². The number of hydrogen-bond acceptors (Lipinski definition) is 8. The Morgan fingerprint density at radius 2 is 1.77 bits per heavy atom. The maximum Gasteiger partial charge on any atom is 0.323 e. The second kappa shape index (κ2) is 10.6. The Balaban J connectivity index is 1.32. The first-order valence-corrected chi connectivity index (χ1v) is 14.3. The van der Waals surface area contributed by atoms with Crippen molar-refractivity contribution in [2.45, 2.75) is 26.3 Å². The number of hydrogen-bond donors (Lipinski definition) is 3. The molecule has 2 aromatic carbocycles. The van der Waals surface area contributed by atoms with E-state index in [4.69, 9.17) is 5.10 Å². The lowest BCUT2D eigenvalue weighted by Gasteiger charge is -2.18. The topological polar surface area (TPSA) is 132 Å². The predicted molar refractivity (Wildman–Crippen MR) is 168 cm³/mol. The third-order valence-corrected chi connectivity index (χ3v) is 7.76. The second-order valence-electron chi connectivity index (χ2n) is 11.0. The Hall–Kier alpha value is -5.17. The number of fused-ring (bicyclic) bond motifs is 2. The zero-order chi connectivity index (χ0) is 30.5. The molecule has 13 heteroatoms. The number of amides is 2. The van der Waals surface area contributed by atoms with E-state index in [9.17, 15) is 14.0 Å². The summed E-state index contributed by atoms with van der Waals surface area (Å²) in [5.41, 5.74) is 4.80.